The Balaban J connectivity index is 1.74. The van der Waals surface area contributed by atoms with E-state index >= 15 is 0 Å². The maximum atomic E-state index is 12.2. The molecule has 24 heavy (non-hydrogen) atoms. The summed E-state index contributed by atoms with van der Waals surface area (Å²) in [4.78, 5) is 14.7. The van der Waals surface area contributed by atoms with Crippen LogP contribution in [0.3, 0.4) is 0 Å². The molecule has 0 spiro atoms. The molecule has 4 heteroatoms. The van der Waals surface area contributed by atoms with E-state index in [4.69, 9.17) is 4.74 Å². The number of piperidine rings is 1. The molecule has 2 atom stereocenters. The standard InChI is InChI=1S/C20H30N2O2/c1-4-5-15-24-17(3)20(23)21-19-11-13-22(14-12-19)16(2)18-9-7-6-8-10-18/h4,6-10,16-17,19H,1,5,11-15H2,2-3H3,(H,21,23)/t16-,17+/m0/s1. The van der Waals surface area contributed by atoms with Crippen LogP contribution in [0.4, 0.5) is 0 Å². The van der Waals surface area contributed by atoms with Gasteiger partial charge in [0.1, 0.15) is 6.10 Å². The van der Waals surface area contributed by atoms with E-state index in [1.54, 1.807) is 6.08 Å². The summed E-state index contributed by atoms with van der Waals surface area (Å²) in [5.41, 5.74) is 1.35. The summed E-state index contributed by atoms with van der Waals surface area (Å²) in [6.45, 7) is 10.3. The van der Waals surface area contributed by atoms with Crippen LogP contribution in [-0.4, -0.2) is 42.6 Å². The summed E-state index contributed by atoms with van der Waals surface area (Å²) in [6, 6.07) is 11.3. The van der Waals surface area contributed by atoms with Gasteiger partial charge in [-0.15, -0.1) is 6.58 Å². The minimum atomic E-state index is -0.397. The van der Waals surface area contributed by atoms with Crippen LogP contribution >= 0.6 is 0 Å². The van der Waals surface area contributed by atoms with E-state index < -0.39 is 6.10 Å². The first-order valence-corrected chi connectivity index (χ1v) is 8.93. The molecule has 1 amide bonds. The quantitative estimate of drug-likeness (QED) is 0.587. The van der Waals surface area contributed by atoms with Gasteiger partial charge >= 0.3 is 0 Å². The van der Waals surface area contributed by atoms with Gasteiger partial charge in [-0.05, 0) is 38.7 Å². The predicted octanol–water partition coefficient (Wildman–Crippen LogP) is 3.31. The molecule has 1 fully saturated rings. The van der Waals surface area contributed by atoms with E-state index in [1.807, 2.05) is 6.92 Å². The zero-order chi connectivity index (χ0) is 17.4. The Hall–Kier alpha value is -1.65. The number of carbonyl (C=O) groups excluding carboxylic acids is 1. The summed E-state index contributed by atoms with van der Waals surface area (Å²) >= 11 is 0. The molecule has 1 aromatic rings. The van der Waals surface area contributed by atoms with Crippen molar-refractivity contribution < 1.29 is 9.53 Å². The molecule has 0 aliphatic carbocycles. The molecule has 4 nitrogen and oxygen atoms in total. The second kappa shape index (κ2) is 9.60. The smallest absolute Gasteiger partial charge is 0.249 e. The van der Waals surface area contributed by atoms with Gasteiger partial charge in [-0.3, -0.25) is 9.69 Å². The molecule has 1 aliphatic heterocycles. The first-order valence-electron chi connectivity index (χ1n) is 8.93. The van der Waals surface area contributed by atoms with Crippen molar-refractivity contribution in [3.8, 4) is 0 Å². The summed E-state index contributed by atoms with van der Waals surface area (Å²) in [5, 5.41) is 3.13. The van der Waals surface area contributed by atoms with Crippen LogP contribution in [-0.2, 0) is 9.53 Å². The predicted molar refractivity (Wildman–Crippen MR) is 97.8 cm³/mol. The molecule has 1 saturated heterocycles. The van der Waals surface area contributed by atoms with E-state index in [1.165, 1.54) is 5.56 Å². The average molecular weight is 330 g/mol. The highest BCUT2D eigenvalue weighted by Gasteiger charge is 2.25. The van der Waals surface area contributed by atoms with Crippen molar-refractivity contribution >= 4 is 5.91 Å². The third-order valence-corrected chi connectivity index (χ3v) is 4.76. The monoisotopic (exact) mass is 330 g/mol. The lowest BCUT2D eigenvalue weighted by atomic mass is 10.00. The van der Waals surface area contributed by atoms with Gasteiger partial charge in [0, 0.05) is 25.2 Å². The molecule has 0 aromatic heterocycles. The maximum absolute atomic E-state index is 12.2. The minimum Gasteiger partial charge on any atom is -0.368 e. The van der Waals surface area contributed by atoms with Crippen molar-refractivity contribution in [2.24, 2.45) is 0 Å². The number of nitrogens with one attached hydrogen (secondary N) is 1. The molecule has 0 bridgehead atoms. The van der Waals surface area contributed by atoms with Crippen LogP contribution < -0.4 is 5.32 Å². The molecule has 0 radical (unpaired) electrons. The Morgan fingerprint density at radius 1 is 1.33 bits per heavy atom. The van der Waals surface area contributed by atoms with Crippen molar-refractivity contribution in [3.05, 3.63) is 48.6 Å². The molecular weight excluding hydrogens is 300 g/mol. The fourth-order valence-electron chi connectivity index (χ4n) is 3.10. The third-order valence-electron chi connectivity index (χ3n) is 4.76. The highest BCUT2D eigenvalue weighted by atomic mass is 16.5. The van der Waals surface area contributed by atoms with Crippen molar-refractivity contribution in [1.29, 1.82) is 0 Å². The average Bonchev–Trinajstić information content (AvgIpc) is 2.62. The van der Waals surface area contributed by atoms with Crippen LogP contribution in [0, 0.1) is 0 Å². The highest BCUT2D eigenvalue weighted by Crippen LogP contribution is 2.24. The van der Waals surface area contributed by atoms with Gasteiger partial charge in [0.2, 0.25) is 5.91 Å². The minimum absolute atomic E-state index is 0.00591. The Kier molecular flexibility index (Phi) is 7.47. The first-order chi connectivity index (χ1) is 11.6. The van der Waals surface area contributed by atoms with E-state index in [9.17, 15) is 4.79 Å². The Labute approximate surface area is 145 Å². The van der Waals surface area contributed by atoms with Crippen molar-refractivity contribution in [2.45, 2.75) is 51.3 Å². The molecule has 1 aliphatic rings. The summed E-state index contributed by atoms with van der Waals surface area (Å²) in [5.74, 6) is -0.00591. The molecule has 0 saturated carbocycles. The lowest BCUT2D eigenvalue weighted by Gasteiger charge is -2.36. The number of ether oxygens (including phenoxy) is 1. The van der Waals surface area contributed by atoms with Crippen molar-refractivity contribution in [2.75, 3.05) is 19.7 Å². The van der Waals surface area contributed by atoms with Gasteiger partial charge in [0.05, 0.1) is 6.61 Å². The van der Waals surface area contributed by atoms with E-state index in [0.29, 0.717) is 12.6 Å². The summed E-state index contributed by atoms with van der Waals surface area (Å²) in [7, 11) is 0. The Morgan fingerprint density at radius 2 is 2.00 bits per heavy atom. The van der Waals surface area contributed by atoms with E-state index in [-0.39, 0.29) is 11.9 Å². The third kappa shape index (κ3) is 5.46. The lowest BCUT2D eigenvalue weighted by molar-refractivity contribution is -0.132. The molecule has 1 heterocycles. The number of likely N-dealkylation sites (tertiary alicyclic amines) is 1. The second-order valence-electron chi connectivity index (χ2n) is 6.50. The molecular formula is C20H30N2O2. The van der Waals surface area contributed by atoms with E-state index in [2.05, 4.69) is 54.1 Å². The topological polar surface area (TPSA) is 41.6 Å². The summed E-state index contributed by atoms with van der Waals surface area (Å²) in [6.07, 6.45) is 4.15. The zero-order valence-electron chi connectivity index (χ0n) is 14.9. The van der Waals surface area contributed by atoms with Gasteiger partial charge < -0.3 is 10.1 Å². The number of hydrogen-bond donors (Lipinski definition) is 1. The lowest BCUT2D eigenvalue weighted by Crippen LogP contribution is -2.47. The van der Waals surface area contributed by atoms with Gasteiger partial charge in [0.15, 0.2) is 0 Å². The number of hydrogen-bond acceptors (Lipinski definition) is 3. The highest BCUT2D eigenvalue weighted by molar-refractivity contribution is 5.80. The second-order valence-corrected chi connectivity index (χ2v) is 6.50. The molecule has 132 valence electrons. The zero-order valence-corrected chi connectivity index (χ0v) is 14.9. The number of benzene rings is 1. The maximum Gasteiger partial charge on any atom is 0.249 e. The van der Waals surface area contributed by atoms with Crippen LogP contribution in [0.25, 0.3) is 0 Å². The van der Waals surface area contributed by atoms with E-state index in [0.717, 1.165) is 32.4 Å². The van der Waals surface area contributed by atoms with Gasteiger partial charge in [-0.1, -0.05) is 36.4 Å². The van der Waals surface area contributed by atoms with Gasteiger partial charge in [-0.2, -0.15) is 0 Å². The normalized spacial score (nSPS) is 18.8. The van der Waals surface area contributed by atoms with Crippen LogP contribution in [0.15, 0.2) is 43.0 Å². The Morgan fingerprint density at radius 3 is 2.62 bits per heavy atom. The summed E-state index contributed by atoms with van der Waals surface area (Å²) < 4.78 is 5.51. The Bertz CT molecular complexity index is 510. The van der Waals surface area contributed by atoms with Crippen molar-refractivity contribution in [1.82, 2.24) is 10.2 Å². The molecule has 0 unspecified atom stereocenters. The number of carbonyl (C=O) groups is 1. The first kappa shape index (κ1) is 18.7. The fourth-order valence-corrected chi connectivity index (χ4v) is 3.10. The van der Waals surface area contributed by atoms with Crippen molar-refractivity contribution in [3.63, 3.8) is 0 Å². The van der Waals surface area contributed by atoms with Gasteiger partial charge in [-0.25, -0.2) is 0 Å². The number of amides is 1. The largest absolute Gasteiger partial charge is 0.368 e. The molecule has 2 rings (SSSR count). The molecule has 1 aromatic carbocycles. The molecule has 1 N–H and O–H groups in total. The van der Waals surface area contributed by atoms with Crippen LogP contribution in [0.1, 0.15) is 44.7 Å². The van der Waals surface area contributed by atoms with Crippen LogP contribution in [0.2, 0.25) is 0 Å². The fraction of sp³-hybridized carbons (Fsp3) is 0.550. The number of nitrogens with zero attached hydrogens (tertiary/aromatic N) is 1. The number of rotatable bonds is 8. The van der Waals surface area contributed by atoms with Gasteiger partial charge in [0.25, 0.3) is 0 Å². The van der Waals surface area contributed by atoms with Crippen LogP contribution in [0.5, 0.6) is 0 Å². The SMILES string of the molecule is C=CCCO[C@H](C)C(=O)NC1CCN([C@@H](C)c2ccccc2)CC1.